The van der Waals surface area contributed by atoms with Gasteiger partial charge in [-0.25, -0.2) is 9.78 Å². The molecule has 31 heavy (non-hydrogen) atoms. The minimum Gasteiger partial charge on any atom is -0.465 e. The number of benzene rings is 1. The Morgan fingerprint density at radius 2 is 1.94 bits per heavy atom. The summed E-state index contributed by atoms with van der Waals surface area (Å²) < 4.78 is 4.87. The zero-order valence-corrected chi connectivity index (χ0v) is 18.4. The van der Waals surface area contributed by atoms with Gasteiger partial charge >= 0.3 is 5.97 Å². The minimum absolute atomic E-state index is 0.332. The van der Waals surface area contributed by atoms with Crippen LogP contribution in [0.3, 0.4) is 0 Å². The molecule has 1 aromatic carbocycles. The van der Waals surface area contributed by atoms with Gasteiger partial charge in [0.05, 0.1) is 40.2 Å². The van der Waals surface area contributed by atoms with E-state index < -0.39 is 5.97 Å². The van der Waals surface area contributed by atoms with Gasteiger partial charge in [0, 0.05) is 16.5 Å². The van der Waals surface area contributed by atoms with Crippen molar-refractivity contribution in [3.63, 3.8) is 0 Å². The highest BCUT2D eigenvalue weighted by molar-refractivity contribution is 7.16. The molecule has 1 N–H and O–H groups in total. The quantitative estimate of drug-likeness (QED) is 0.398. The van der Waals surface area contributed by atoms with Crippen LogP contribution in [0.2, 0.25) is 5.02 Å². The number of nitrogens with zero attached hydrogens (tertiary/aromatic N) is 2. The summed E-state index contributed by atoms with van der Waals surface area (Å²) in [6.45, 7) is 1.98. The lowest BCUT2D eigenvalue weighted by Crippen LogP contribution is -2.15. The van der Waals surface area contributed by atoms with Crippen LogP contribution in [0.5, 0.6) is 0 Å². The van der Waals surface area contributed by atoms with Crippen LogP contribution in [0.4, 0.5) is 5.00 Å². The third kappa shape index (κ3) is 4.15. The number of carbonyl (C=O) groups excluding carboxylic acids is 2. The molecule has 1 amide bonds. The molecule has 3 heterocycles. The Morgan fingerprint density at radius 1 is 1.10 bits per heavy atom. The van der Waals surface area contributed by atoms with E-state index in [1.54, 1.807) is 36.5 Å². The van der Waals surface area contributed by atoms with Gasteiger partial charge in [-0.05, 0) is 36.8 Å². The topological polar surface area (TPSA) is 81.2 Å². The molecule has 8 heteroatoms. The Labute approximate surface area is 187 Å². The maximum Gasteiger partial charge on any atom is 0.340 e. The Morgan fingerprint density at radius 3 is 2.65 bits per heavy atom. The Bertz CT molecular complexity index is 1290. The van der Waals surface area contributed by atoms with E-state index >= 15 is 0 Å². The van der Waals surface area contributed by atoms with Crippen molar-refractivity contribution in [3.05, 3.63) is 75.8 Å². The first kappa shape index (κ1) is 21.0. The summed E-state index contributed by atoms with van der Waals surface area (Å²) in [4.78, 5) is 35.4. The predicted molar refractivity (Wildman–Crippen MR) is 123 cm³/mol. The molecule has 4 aromatic rings. The number of para-hydroxylation sites is 1. The van der Waals surface area contributed by atoms with E-state index in [2.05, 4.69) is 15.3 Å². The smallest absolute Gasteiger partial charge is 0.340 e. The van der Waals surface area contributed by atoms with Gasteiger partial charge in [0.25, 0.3) is 5.91 Å². The normalized spacial score (nSPS) is 10.8. The van der Waals surface area contributed by atoms with Crippen molar-refractivity contribution >= 4 is 50.7 Å². The number of hydrogen-bond acceptors (Lipinski definition) is 6. The molecule has 0 aliphatic heterocycles. The van der Waals surface area contributed by atoms with Gasteiger partial charge in [-0.2, -0.15) is 0 Å². The zero-order valence-electron chi connectivity index (χ0n) is 16.8. The van der Waals surface area contributed by atoms with Crippen LogP contribution in [0.25, 0.3) is 22.3 Å². The number of carbonyl (C=O) groups is 2. The van der Waals surface area contributed by atoms with E-state index in [1.807, 2.05) is 25.1 Å². The lowest BCUT2D eigenvalue weighted by molar-refractivity contribution is 0.0602. The maximum atomic E-state index is 13.3. The van der Waals surface area contributed by atoms with Crippen LogP contribution in [0, 0.1) is 0 Å². The van der Waals surface area contributed by atoms with E-state index in [-0.39, 0.29) is 5.91 Å². The average molecular weight is 452 g/mol. The predicted octanol–water partition coefficient (Wildman–Crippen LogP) is 5.61. The van der Waals surface area contributed by atoms with Crippen molar-refractivity contribution in [3.8, 4) is 11.4 Å². The summed E-state index contributed by atoms with van der Waals surface area (Å²) >= 11 is 7.74. The largest absolute Gasteiger partial charge is 0.465 e. The lowest BCUT2D eigenvalue weighted by Gasteiger charge is -2.11. The molecule has 0 spiro atoms. The van der Waals surface area contributed by atoms with E-state index in [9.17, 15) is 9.59 Å². The highest BCUT2D eigenvalue weighted by Gasteiger charge is 2.21. The summed E-state index contributed by atoms with van der Waals surface area (Å²) in [6, 6.07) is 14.2. The third-order valence-corrected chi connectivity index (χ3v) is 6.23. The van der Waals surface area contributed by atoms with Crippen LogP contribution in [0.1, 0.15) is 32.5 Å². The summed E-state index contributed by atoms with van der Waals surface area (Å²) in [5, 5.41) is 4.36. The average Bonchev–Trinajstić information content (AvgIpc) is 3.21. The van der Waals surface area contributed by atoms with Crippen molar-refractivity contribution in [2.24, 2.45) is 0 Å². The number of pyridine rings is 2. The molecular weight excluding hydrogens is 434 g/mol. The fraction of sp³-hybridized carbons (Fsp3) is 0.130. The van der Waals surface area contributed by atoms with Gasteiger partial charge in [-0.1, -0.05) is 36.7 Å². The summed E-state index contributed by atoms with van der Waals surface area (Å²) in [6.07, 6.45) is 2.40. The highest BCUT2D eigenvalue weighted by Crippen LogP contribution is 2.32. The third-order valence-electron chi connectivity index (χ3n) is 4.73. The van der Waals surface area contributed by atoms with Crippen molar-refractivity contribution < 1.29 is 14.3 Å². The van der Waals surface area contributed by atoms with Crippen molar-refractivity contribution in [2.45, 2.75) is 13.3 Å². The molecular formula is C23H18ClN3O3S. The molecule has 6 nitrogen and oxygen atoms in total. The highest BCUT2D eigenvalue weighted by atomic mass is 35.5. The summed E-state index contributed by atoms with van der Waals surface area (Å²) in [7, 11) is 1.31. The molecule has 3 aromatic heterocycles. The monoisotopic (exact) mass is 451 g/mol. The van der Waals surface area contributed by atoms with Gasteiger partial charge in [-0.3, -0.25) is 9.78 Å². The van der Waals surface area contributed by atoms with Crippen LogP contribution < -0.4 is 5.32 Å². The number of aryl methyl sites for hydroxylation is 1. The van der Waals surface area contributed by atoms with E-state index in [4.69, 9.17) is 16.3 Å². The number of anilines is 1. The second kappa shape index (κ2) is 8.83. The molecule has 0 atom stereocenters. The zero-order chi connectivity index (χ0) is 22.0. The van der Waals surface area contributed by atoms with Crippen LogP contribution in [-0.4, -0.2) is 29.0 Å². The summed E-state index contributed by atoms with van der Waals surface area (Å²) in [5.74, 6) is -0.871. The SMILES string of the molecule is CCc1cc(C(=O)OC)c(NC(=O)c2cc(-c3ccccn3)nc3c(Cl)cccc23)s1. The van der Waals surface area contributed by atoms with Crippen molar-refractivity contribution in [1.29, 1.82) is 0 Å². The number of rotatable bonds is 5. The number of esters is 1. The number of aromatic nitrogens is 2. The number of ether oxygens (including phenoxy) is 1. The first-order valence-corrected chi connectivity index (χ1v) is 10.7. The fourth-order valence-corrected chi connectivity index (χ4v) is 4.38. The van der Waals surface area contributed by atoms with Gasteiger partial charge in [0.15, 0.2) is 0 Å². The number of hydrogen-bond donors (Lipinski definition) is 1. The van der Waals surface area contributed by atoms with Crippen LogP contribution in [0.15, 0.2) is 54.7 Å². The Kier molecular flexibility index (Phi) is 5.97. The lowest BCUT2D eigenvalue weighted by atomic mass is 10.1. The van der Waals surface area contributed by atoms with Gasteiger partial charge in [0.2, 0.25) is 0 Å². The van der Waals surface area contributed by atoms with E-state index in [0.717, 1.165) is 11.3 Å². The van der Waals surface area contributed by atoms with Gasteiger partial charge in [0.1, 0.15) is 5.00 Å². The molecule has 4 rings (SSSR count). The standard InChI is InChI=1S/C23H18ClN3O3S/c1-3-13-11-16(23(29)30-2)22(31-13)27-21(28)15-12-19(18-9-4-5-10-25-18)26-20-14(15)7-6-8-17(20)24/h4-12H,3H2,1-2H3,(H,27,28). The number of thiophene rings is 1. The molecule has 156 valence electrons. The molecule has 0 fully saturated rings. The minimum atomic E-state index is -0.497. The number of fused-ring (bicyclic) bond motifs is 1. The van der Waals surface area contributed by atoms with Gasteiger partial charge in [-0.15, -0.1) is 11.3 Å². The van der Waals surface area contributed by atoms with Crippen molar-refractivity contribution in [2.75, 3.05) is 12.4 Å². The van der Waals surface area contributed by atoms with Crippen LogP contribution >= 0.6 is 22.9 Å². The molecule has 0 saturated carbocycles. The molecule has 0 radical (unpaired) electrons. The second-order valence-electron chi connectivity index (χ2n) is 6.66. The van der Waals surface area contributed by atoms with Gasteiger partial charge < -0.3 is 10.1 Å². The summed E-state index contributed by atoms with van der Waals surface area (Å²) in [5.41, 5.74) is 2.37. The molecule has 0 bridgehead atoms. The van der Waals surface area contributed by atoms with Crippen molar-refractivity contribution in [1.82, 2.24) is 9.97 Å². The first-order valence-electron chi connectivity index (χ1n) is 9.54. The first-order chi connectivity index (χ1) is 15.0. The van der Waals surface area contributed by atoms with E-state index in [0.29, 0.717) is 43.4 Å². The number of amides is 1. The maximum absolute atomic E-state index is 13.3. The molecule has 0 saturated heterocycles. The Balaban J connectivity index is 1.82. The molecule has 0 aliphatic carbocycles. The fourth-order valence-electron chi connectivity index (χ4n) is 3.19. The Hall–Kier alpha value is -3.29. The molecule has 0 aliphatic rings. The number of methoxy groups -OCH3 is 1. The molecule has 0 unspecified atom stereocenters. The van der Waals surface area contributed by atoms with E-state index in [1.165, 1.54) is 18.4 Å². The van der Waals surface area contributed by atoms with Crippen LogP contribution in [-0.2, 0) is 11.2 Å². The number of halogens is 1. The second-order valence-corrected chi connectivity index (χ2v) is 8.20. The number of nitrogens with one attached hydrogen (secondary N) is 1.